The van der Waals surface area contributed by atoms with Crippen LogP contribution in [0.15, 0.2) is 60.7 Å². The lowest BCUT2D eigenvalue weighted by atomic mass is 9.83. The van der Waals surface area contributed by atoms with Gasteiger partial charge >= 0.3 is 0 Å². The first-order valence-electron chi connectivity index (χ1n) is 8.99. The van der Waals surface area contributed by atoms with Crippen molar-refractivity contribution in [3.8, 4) is 0 Å². The van der Waals surface area contributed by atoms with Crippen LogP contribution in [0.25, 0.3) is 0 Å². The van der Waals surface area contributed by atoms with E-state index in [1.165, 1.54) is 0 Å². The summed E-state index contributed by atoms with van der Waals surface area (Å²) in [6, 6.07) is 20.6. The third-order valence-electron chi connectivity index (χ3n) is 4.26. The first kappa shape index (κ1) is 19.6. The lowest BCUT2D eigenvalue weighted by Crippen LogP contribution is -2.48. The standard InChI is InChI=1S/C20H31N5/c21-11-12-23-13-14-24-15-16-25-17-20(22,18-7-3-1-4-8-18)19-9-5-2-6-10-19/h1-10,23-25H,11-17,21-22H2. The Hall–Kier alpha value is -1.76. The van der Waals surface area contributed by atoms with Crippen molar-refractivity contribution in [2.75, 3.05) is 45.8 Å². The van der Waals surface area contributed by atoms with Gasteiger partial charge in [-0.05, 0) is 11.1 Å². The van der Waals surface area contributed by atoms with Crippen molar-refractivity contribution in [2.45, 2.75) is 5.54 Å². The molecule has 0 saturated heterocycles. The average Bonchev–Trinajstić information content (AvgIpc) is 2.68. The molecule has 0 spiro atoms. The van der Waals surface area contributed by atoms with Gasteiger partial charge in [0.15, 0.2) is 0 Å². The Morgan fingerprint density at radius 3 is 1.56 bits per heavy atom. The molecule has 0 bridgehead atoms. The van der Waals surface area contributed by atoms with Crippen LogP contribution in [0.1, 0.15) is 11.1 Å². The maximum atomic E-state index is 6.83. The van der Waals surface area contributed by atoms with Gasteiger partial charge in [-0.15, -0.1) is 0 Å². The minimum absolute atomic E-state index is 0.537. The topological polar surface area (TPSA) is 88.1 Å². The molecule has 0 aliphatic carbocycles. The van der Waals surface area contributed by atoms with Crippen LogP contribution >= 0.6 is 0 Å². The molecule has 0 unspecified atom stereocenters. The van der Waals surface area contributed by atoms with E-state index in [9.17, 15) is 0 Å². The molecule has 0 atom stereocenters. The van der Waals surface area contributed by atoms with E-state index >= 15 is 0 Å². The molecule has 2 aromatic rings. The van der Waals surface area contributed by atoms with Gasteiger partial charge in [0, 0.05) is 45.8 Å². The predicted molar refractivity (Wildman–Crippen MR) is 106 cm³/mol. The fraction of sp³-hybridized carbons (Fsp3) is 0.400. The summed E-state index contributed by atoms with van der Waals surface area (Å²) in [6.45, 7) is 5.88. The van der Waals surface area contributed by atoms with E-state index in [0.29, 0.717) is 13.1 Å². The molecular weight excluding hydrogens is 310 g/mol. The van der Waals surface area contributed by atoms with Gasteiger partial charge in [-0.3, -0.25) is 0 Å². The quantitative estimate of drug-likeness (QED) is 0.365. The first-order chi connectivity index (χ1) is 12.3. The second-order valence-electron chi connectivity index (χ2n) is 6.17. The smallest absolute Gasteiger partial charge is 0.0792 e. The minimum Gasteiger partial charge on any atom is -0.329 e. The van der Waals surface area contributed by atoms with E-state index in [1.807, 2.05) is 36.4 Å². The summed E-state index contributed by atoms with van der Waals surface area (Å²) in [6.07, 6.45) is 0. The Bertz CT molecular complexity index is 534. The lowest BCUT2D eigenvalue weighted by Gasteiger charge is -2.31. The van der Waals surface area contributed by atoms with E-state index in [-0.39, 0.29) is 0 Å². The van der Waals surface area contributed by atoms with Crippen molar-refractivity contribution < 1.29 is 0 Å². The molecular formula is C20H31N5. The number of hydrogen-bond donors (Lipinski definition) is 5. The Morgan fingerprint density at radius 2 is 1.08 bits per heavy atom. The molecule has 0 aliphatic heterocycles. The van der Waals surface area contributed by atoms with Crippen LogP contribution in [0.4, 0.5) is 0 Å². The zero-order chi connectivity index (χ0) is 17.8. The van der Waals surface area contributed by atoms with Gasteiger partial charge in [-0.1, -0.05) is 60.7 Å². The summed E-state index contributed by atoms with van der Waals surface area (Å²) in [5.74, 6) is 0. The molecule has 0 amide bonds. The molecule has 2 aromatic carbocycles. The van der Waals surface area contributed by atoms with Gasteiger partial charge in [0.25, 0.3) is 0 Å². The third-order valence-corrected chi connectivity index (χ3v) is 4.26. The molecule has 0 radical (unpaired) electrons. The van der Waals surface area contributed by atoms with E-state index in [1.54, 1.807) is 0 Å². The van der Waals surface area contributed by atoms with E-state index in [0.717, 1.165) is 43.9 Å². The zero-order valence-electron chi connectivity index (χ0n) is 14.9. The maximum absolute atomic E-state index is 6.83. The second-order valence-corrected chi connectivity index (χ2v) is 6.17. The summed E-state index contributed by atoms with van der Waals surface area (Å²) in [7, 11) is 0. The Labute approximate surface area is 151 Å². The normalized spacial score (nSPS) is 11.6. The molecule has 136 valence electrons. The number of rotatable bonds is 12. The third kappa shape index (κ3) is 6.23. The predicted octanol–water partition coefficient (Wildman–Crippen LogP) is 0.616. The van der Waals surface area contributed by atoms with Crippen LogP contribution in [0, 0.1) is 0 Å². The average molecular weight is 342 g/mol. The van der Waals surface area contributed by atoms with Crippen LogP contribution < -0.4 is 27.4 Å². The van der Waals surface area contributed by atoms with Crippen molar-refractivity contribution >= 4 is 0 Å². The molecule has 0 aliphatic rings. The van der Waals surface area contributed by atoms with Gasteiger partial charge in [0.2, 0.25) is 0 Å². The van der Waals surface area contributed by atoms with Gasteiger partial charge in [0.05, 0.1) is 5.54 Å². The number of nitrogens with two attached hydrogens (primary N) is 2. The number of hydrogen-bond acceptors (Lipinski definition) is 5. The molecule has 5 heteroatoms. The van der Waals surface area contributed by atoms with Gasteiger partial charge in [-0.25, -0.2) is 0 Å². The highest BCUT2D eigenvalue weighted by atomic mass is 15.0. The highest BCUT2D eigenvalue weighted by molar-refractivity contribution is 5.38. The number of nitrogens with one attached hydrogen (secondary N) is 3. The van der Waals surface area contributed by atoms with Crippen LogP contribution in [-0.4, -0.2) is 45.8 Å². The largest absolute Gasteiger partial charge is 0.329 e. The Morgan fingerprint density at radius 1 is 0.640 bits per heavy atom. The van der Waals surface area contributed by atoms with Crippen LogP contribution in [0.2, 0.25) is 0 Å². The fourth-order valence-corrected chi connectivity index (χ4v) is 2.83. The second kappa shape index (κ2) is 11.0. The highest BCUT2D eigenvalue weighted by Crippen LogP contribution is 2.26. The van der Waals surface area contributed by atoms with E-state index in [2.05, 4.69) is 40.2 Å². The molecule has 0 fully saturated rings. The van der Waals surface area contributed by atoms with Crippen molar-refractivity contribution in [1.29, 1.82) is 0 Å². The van der Waals surface area contributed by atoms with Crippen molar-refractivity contribution in [2.24, 2.45) is 11.5 Å². The fourth-order valence-electron chi connectivity index (χ4n) is 2.83. The van der Waals surface area contributed by atoms with E-state index < -0.39 is 5.54 Å². The summed E-state index contributed by atoms with van der Waals surface area (Å²) in [4.78, 5) is 0. The van der Waals surface area contributed by atoms with Crippen molar-refractivity contribution in [3.05, 3.63) is 71.8 Å². The first-order valence-corrected chi connectivity index (χ1v) is 8.99. The number of benzene rings is 2. The molecule has 7 N–H and O–H groups in total. The van der Waals surface area contributed by atoms with Crippen molar-refractivity contribution in [3.63, 3.8) is 0 Å². The zero-order valence-corrected chi connectivity index (χ0v) is 14.9. The van der Waals surface area contributed by atoms with Gasteiger partial charge in [0.1, 0.15) is 0 Å². The SMILES string of the molecule is NCCNCCNCCNCC(N)(c1ccccc1)c1ccccc1. The highest BCUT2D eigenvalue weighted by Gasteiger charge is 2.28. The summed E-state index contributed by atoms with van der Waals surface area (Å²) < 4.78 is 0. The van der Waals surface area contributed by atoms with Crippen molar-refractivity contribution in [1.82, 2.24) is 16.0 Å². The molecule has 0 aromatic heterocycles. The lowest BCUT2D eigenvalue weighted by molar-refractivity contribution is 0.473. The molecule has 25 heavy (non-hydrogen) atoms. The monoisotopic (exact) mass is 341 g/mol. The van der Waals surface area contributed by atoms with Gasteiger partial charge in [-0.2, -0.15) is 0 Å². The van der Waals surface area contributed by atoms with Crippen LogP contribution in [-0.2, 0) is 5.54 Å². The minimum atomic E-state index is -0.537. The maximum Gasteiger partial charge on any atom is 0.0792 e. The summed E-state index contributed by atoms with van der Waals surface area (Å²) in [5, 5.41) is 10.2. The van der Waals surface area contributed by atoms with E-state index in [4.69, 9.17) is 11.5 Å². The van der Waals surface area contributed by atoms with Gasteiger partial charge < -0.3 is 27.4 Å². The summed E-state index contributed by atoms with van der Waals surface area (Å²) in [5.41, 5.74) is 14.0. The van der Waals surface area contributed by atoms with Crippen LogP contribution in [0.3, 0.4) is 0 Å². The Balaban J connectivity index is 1.84. The molecule has 0 saturated carbocycles. The van der Waals surface area contributed by atoms with Crippen LogP contribution in [0.5, 0.6) is 0 Å². The Kier molecular flexibility index (Phi) is 8.59. The molecule has 2 rings (SSSR count). The molecule has 0 heterocycles. The molecule has 5 nitrogen and oxygen atoms in total. The summed E-state index contributed by atoms with van der Waals surface area (Å²) >= 11 is 0.